The minimum absolute atomic E-state index is 0.0352. The number of aliphatic imine (C=N–C) groups is 1. The SMILES string of the molecule is C=C(N=C(OC)c1ccc(OC(C)C)c(C#N)c1)c1cccc2c1CC[C@@H]2NCC(=O)N1CCNCC1. The Kier molecular flexibility index (Phi) is 8.59. The molecule has 2 aromatic rings. The lowest BCUT2D eigenvalue weighted by atomic mass is 10.0. The molecule has 0 aromatic heterocycles. The number of nitrogens with zero attached hydrogens (tertiary/aromatic N) is 3. The van der Waals surface area contributed by atoms with Crippen LogP contribution in [0.5, 0.6) is 5.75 Å². The van der Waals surface area contributed by atoms with Gasteiger partial charge in [0.25, 0.3) is 0 Å². The van der Waals surface area contributed by atoms with Gasteiger partial charge in [0.2, 0.25) is 11.8 Å². The molecule has 0 bridgehead atoms. The van der Waals surface area contributed by atoms with E-state index in [0.717, 1.165) is 44.6 Å². The molecule has 194 valence electrons. The molecule has 0 saturated carbocycles. The number of hydrogen-bond acceptors (Lipinski definition) is 7. The van der Waals surface area contributed by atoms with Crippen molar-refractivity contribution in [3.05, 3.63) is 70.8 Å². The smallest absolute Gasteiger partial charge is 0.236 e. The van der Waals surface area contributed by atoms with E-state index in [1.807, 2.05) is 36.9 Å². The molecule has 1 atom stereocenters. The monoisotopic (exact) mass is 501 g/mol. The van der Waals surface area contributed by atoms with E-state index >= 15 is 0 Å². The minimum atomic E-state index is -0.0352. The summed E-state index contributed by atoms with van der Waals surface area (Å²) < 4.78 is 11.3. The number of nitrogens with one attached hydrogen (secondary N) is 2. The highest BCUT2D eigenvalue weighted by Gasteiger charge is 2.26. The maximum atomic E-state index is 12.6. The zero-order chi connectivity index (χ0) is 26.4. The van der Waals surface area contributed by atoms with Gasteiger partial charge in [0, 0.05) is 43.3 Å². The second kappa shape index (κ2) is 12.0. The van der Waals surface area contributed by atoms with Gasteiger partial charge in [0.05, 0.1) is 31.0 Å². The highest BCUT2D eigenvalue weighted by Crippen LogP contribution is 2.36. The zero-order valence-corrected chi connectivity index (χ0v) is 21.8. The van der Waals surface area contributed by atoms with Gasteiger partial charge < -0.3 is 25.0 Å². The van der Waals surface area contributed by atoms with Gasteiger partial charge in [0.1, 0.15) is 11.8 Å². The van der Waals surface area contributed by atoms with Crippen LogP contribution in [0.1, 0.15) is 54.1 Å². The number of fused-ring (bicyclic) bond motifs is 1. The van der Waals surface area contributed by atoms with Crippen molar-refractivity contribution in [1.29, 1.82) is 5.26 Å². The second-order valence-corrected chi connectivity index (χ2v) is 9.53. The van der Waals surface area contributed by atoms with Gasteiger partial charge in [0.15, 0.2) is 0 Å². The lowest BCUT2D eigenvalue weighted by molar-refractivity contribution is -0.130. The molecule has 1 saturated heterocycles. The summed E-state index contributed by atoms with van der Waals surface area (Å²) in [7, 11) is 1.56. The number of piperazine rings is 1. The Labute approximate surface area is 219 Å². The fourth-order valence-electron chi connectivity index (χ4n) is 4.89. The molecule has 4 rings (SSSR count). The van der Waals surface area contributed by atoms with Gasteiger partial charge in [-0.1, -0.05) is 24.8 Å². The molecule has 0 unspecified atom stereocenters. The number of methoxy groups -OCH3 is 1. The number of carbonyl (C=O) groups is 1. The summed E-state index contributed by atoms with van der Waals surface area (Å²) in [4.78, 5) is 19.2. The van der Waals surface area contributed by atoms with Crippen LogP contribution in [0.4, 0.5) is 0 Å². The minimum Gasteiger partial charge on any atom is -0.490 e. The summed E-state index contributed by atoms with van der Waals surface area (Å²) in [5.74, 6) is 1.06. The number of benzene rings is 2. The predicted molar refractivity (Wildman–Crippen MR) is 144 cm³/mol. The third kappa shape index (κ3) is 6.19. The van der Waals surface area contributed by atoms with E-state index < -0.39 is 0 Å². The van der Waals surface area contributed by atoms with Crippen molar-refractivity contribution >= 4 is 17.5 Å². The molecule has 1 fully saturated rings. The molecule has 2 N–H and O–H groups in total. The summed E-state index contributed by atoms with van der Waals surface area (Å²) >= 11 is 0. The Bertz CT molecular complexity index is 1220. The maximum Gasteiger partial charge on any atom is 0.236 e. The topological polar surface area (TPSA) is 99.0 Å². The van der Waals surface area contributed by atoms with Crippen LogP contribution in [0.15, 0.2) is 48.0 Å². The standard InChI is InChI=1S/C29H35N5O3/c1-19(2)37-27-11-8-21(16-22(27)17-30)29(36-4)33-20(3)23-6-5-7-25-24(23)9-10-26(25)32-18-28(35)34-14-12-31-13-15-34/h5-8,11,16,19,26,31-32H,3,9-10,12-15,18H2,1-2,4H3/t26-/m0/s1. The molecule has 37 heavy (non-hydrogen) atoms. The molecular weight excluding hydrogens is 466 g/mol. The van der Waals surface area contributed by atoms with E-state index in [4.69, 9.17) is 14.5 Å². The molecule has 2 aromatic carbocycles. The Balaban J connectivity index is 1.50. The van der Waals surface area contributed by atoms with Crippen molar-refractivity contribution in [3.8, 4) is 11.8 Å². The molecule has 1 amide bonds. The van der Waals surface area contributed by atoms with E-state index in [1.165, 1.54) is 11.1 Å². The second-order valence-electron chi connectivity index (χ2n) is 9.53. The van der Waals surface area contributed by atoms with Gasteiger partial charge in [-0.05, 0) is 56.0 Å². The predicted octanol–water partition coefficient (Wildman–Crippen LogP) is 3.42. The number of nitriles is 1. The lowest BCUT2D eigenvalue weighted by Crippen LogP contribution is -2.49. The quantitative estimate of drug-likeness (QED) is 0.425. The van der Waals surface area contributed by atoms with E-state index in [1.54, 1.807) is 19.2 Å². The Morgan fingerprint density at radius 3 is 2.78 bits per heavy atom. The van der Waals surface area contributed by atoms with Gasteiger partial charge in [-0.25, -0.2) is 4.99 Å². The van der Waals surface area contributed by atoms with Crippen LogP contribution < -0.4 is 15.4 Å². The fraction of sp³-hybridized carbons (Fsp3) is 0.414. The molecule has 0 radical (unpaired) electrons. The maximum absolute atomic E-state index is 12.6. The molecule has 1 aliphatic heterocycles. The molecular formula is C29H35N5O3. The summed E-state index contributed by atoms with van der Waals surface area (Å²) in [6, 6.07) is 13.8. The first kappa shape index (κ1) is 26.4. The van der Waals surface area contributed by atoms with E-state index in [-0.39, 0.29) is 18.1 Å². The Hall–Kier alpha value is -3.67. The van der Waals surface area contributed by atoms with Crippen LogP contribution in [0, 0.1) is 11.3 Å². The number of amides is 1. The number of carbonyl (C=O) groups excluding carboxylic acids is 1. The first-order valence-electron chi connectivity index (χ1n) is 12.8. The van der Waals surface area contributed by atoms with E-state index in [9.17, 15) is 10.1 Å². The average Bonchev–Trinajstić information content (AvgIpc) is 3.34. The van der Waals surface area contributed by atoms with Crippen molar-refractivity contribution in [2.45, 2.75) is 38.8 Å². The molecule has 1 aliphatic carbocycles. The molecule has 2 aliphatic rings. The summed E-state index contributed by atoms with van der Waals surface area (Å²) in [6.07, 6.45) is 1.76. The highest BCUT2D eigenvalue weighted by atomic mass is 16.5. The first-order valence-corrected chi connectivity index (χ1v) is 12.8. The highest BCUT2D eigenvalue weighted by molar-refractivity contribution is 5.98. The number of ether oxygens (including phenoxy) is 2. The Morgan fingerprint density at radius 2 is 2.08 bits per heavy atom. The van der Waals surface area contributed by atoms with Crippen molar-refractivity contribution in [3.63, 3.8) is 0 Å². The number of hydrogen-bond donors (Lipinski definition) is 2. The van der Waals surface area contributed by atoms with Crippen LogP contribution in [0.3, 0.4) is 0 Å². The van der Waals surface area contributed by atoms with Gasteiger partial charge in [-0.3, -0.25) is 4.79 Å². The van der Waals surface area contributed by atoms with Gasteiger partial charge >= 0.3 is 0 Å². The van der Waals surface area contributed by atoms with E-state index in [2.05, 4.69) is 29.3 Å². The zero-order valence-electron chi connectivity index (χ0n) is 21.8. The summed E-state index contributed by atoms with van der Waals surface area (Å²) in [5, 5.41) is 16.3. The largest absolute Gasteiger partial charge is 0.490 e. The van der Waals surface area contributed by atoms with Crippen molar-refractivity contribution < 1.29 is 14.3 Å². The van der Waals surface area contributed by atoms with Crippen LogP contribution in [0.2, 0.25) is 0 Å². The molecule has 1 heterocycles. The van der Waals surface area contributed by atoms with Crippen LogP contribution >= 0.6 is 0 Å². The normalized spacial score (nSPS) is 17.3. The van der Waals surface area contributed by atoms with Crippen molar-refractivity contribution in [2.75, 3.05) is 39.8 Å². The average molecular weight is 502 g/mol. The van der Waals surface area contributed by atoms with Gasteiger partial charge in [-0.15, -0.1) is 0 Å². The lowest BCUT2D eigenvalue weighted by Gasteiger charge is -2.28. The van der Waals surface area contributed by atoms with Crippen LogP contribution in [0.25, 0.3) is 5.70 Å². The fourth-order valence-corrected chi connectivity index (χ4v) is 4.89. The molecule has 8 heteroatoms. The van der Waals surface area contributed by atoms with Crippen molar-refractivity contribution in [1.82, 2.24) is 15.5 Å². The number of rotatable bonds is 8. The third-order valence-corrected chi connectivity index (χ3v) is 6.69. The van der Waals surface area contributed by atoms with Gasteiger partial charge in [-0.2, -0.15) is 5.26 Å². The summed E-state index contributed by atoms with van der Waals surface area (Å²) in [5.41, 5.74) is 5.03. The molecule has 8 nitrogen and oxygen atoms in total. The first-order chi connectivity index (χ1) is 17.9. The summed E-state index contributed by atoms with van der Waals surface area (Å²) in [6.45, 7) is 11.6. The third-order valence-electron chi connectivity index (χ3n) is 6.69. The van der Waals surface area contributed by atoms with Crippen LogP contribution in [-0.2, 0) is 16.0 Å². The Morgan fingerprint density at radius 1 is 1.30 bits per heavy atom. The van der Waals surface area contributed by atoms with Crippen molar-refractivity contribution in [2.24, 2.45) is 4.99 Å². The van der Waals surface area contributed by atoms with Crippen LogP contribution in [-0.4, -0.2) is 62.6 Å². The van der Waals surface area contributed by atoms with E-state index in [0.29, 0.717) is 35.0 Å². The molecule has 0 spiro atoms.